The van der Waals surface area contributed by atoms with E-state index >= 15 is 0 Å². The van der Waals surface area contributed by atoms with Crippen LogP contribution in [-0.4, -0.2) is 37.0 Å². The molecule has 0 atom stereocenters. The molecule has 1 heterocycles. The van der Waals surface area contributed by atoms with Gasteiger partial charge in [-0.1, -0.05) is 29.8 Å². The fourth-order valence-corrected chi connectivity index (χ4v) is 3.04. The number of benzene rings is 2. The zero-order chi connectivity index (χ0) is 22.4. The van der Waals surface area contributed by atoms with Gasteiger partial charge in [-0.2, -0.15) is 5.10 Å². The Balaban J connectivity index is 1.81. The molecular formula is C23H25N3O5. The first-order valence-corrected chi connectivity index (χ1v) is 9.66. The maximum Gasteiger partial charge on any atom is 0.267 e. The Morgan fingerprint density at radius 2 is 1.61 bits per heavy atom. The number of ether oxygens (including phenoxy) is 3. The van der Waals surface area contributed by atoms with E-state index in [2.05, 4.69) is 10.4 Å². The van der Waals surface area contributed by atoms with E-state index in [1.54, 1.807) is 18.2 Å². The van der Waals surface area contributed by atoms with Gasteiger partial charge >= 0.3 is 0 Å². The predicted octanol–water partition coefficient (Wildman–Crippen LogP) is 2.56. The molecular weight excluding hydrogens is 398 g/mol. The van der Waals surface area contributed by atoms with Crippen molar-refractivity contribution in [2.24, 2.45) is 0 Å². The molecule has 3 rings (SSSR count). The molecule has 1 N–H and O–H groups in total. The Morgan fingerprint density at radius 1 is 0.968 bits per heavy atom. The topological polar surface area (TPSA) is 91.7 Å². The van der Waals surface area contributed by atoms with Crippen LogP contribution in [0, 0.1) is 6.92 Å². The second kappa shape index (κ2) is 9.80. The van der Waals surface area contributed by atoms with Crippen LogP contribution in [-0.2, 0) is 17.9 Å². The first kappa shape index (κ1) is 21.9. The molecule has 1 aromatic heterocycles. The lowest BCUT2D eigenvalue weighted by Crippen LogP contribution is -2.33. The number of hydrogen-bond donors (Lipinski definition) is 1. The smallest absolute Gasteiger partial charge is 0.267 e. The van der Waals surface area contributed by atoms with Gasteiger partial charge in [-0.05, 0) is 30.7 Å². The maximum atomic E-state index is 12.4. The van der Waals surface area contributed by atoms with Gasteiger partial charge in [-0.15, -0.1) is 0 Å². The van der Waals surface area contributed by atoms with Crippen molar-refractivity contribution >= 4 is 5.91 Å². The van der Waals surface area contributed by atoms with Crippen LogP contribution in [0.15, 0.2) is 53.3 Å². The summed E-state index contributed by atoms with van der Waals surface area (Å²) >= 11 is 0. The van der Waals surface area contributed by atoms with E-state index in [1.807, 2.05) is 31.2 Å². The van der Waals surface area contributed by atoms with Crippen LogP contribution in [0.4, 0.5) is 0 Å². The maximum absolute atomic E-state index is 12.4. The third-order valence-corrected chi connectivity index (χ3v) is 4.73. The Kier molecular flexibility index (Phi) is 6.92. The van der Waals surface area contributed by atoms with E-state index in [9.17, 15) is 9.59 Å². The summed E-state index contributed by atoms with van der Waals surface area (Å²) in [7, 11) is 4.56. The van der Waals surface area contributed by atoms with Crippen molar-refractivity contribution in [1.29, 1.82) is 0 Å². The van der Waals surface area contributed by atoms with Crippen molar-refractivity contribution in [3.05, 3.63) is 70.0 Å². The van der Waals surface area contributed by atoms with Gasteiger partial charge in [0.15, 0.2) is 11.5 Å². The lowest BCUT2D eigenvalue weighted by atomic mass is 10.1. The predicted molar refractivity (Wildman–Crippen MR) is 117 cm³/mol. The van der Waals surface area contributed by atoms with E-state index < -0.39 is 0 Å². The second-order valence-corrected chi connectivity index (χ2v) is 6.89. The SMILES string of the molecule is COc1cc(-c2ccc(=O)n(CC(=O)NCc3ccc(C)cc3)n2)cc(OC)c1OC. The molecule has 0 radical (unpaired) electrons. The molecule has 1 amide bonds. The molecule has 3 aromatic rings. The van der Waals surface area contributed by atoms with Gasteiger partial charge in [0.25, 0.3) is 5.56 Å². The summed E-state index contributed by atoms with van der Waals surface area (Å²) in [4.78, 5) is 24.6. The number of rotatable bonds is 8. The molecule has 0 bridgehead atoms. The number of aromatic nitrogens is 2. The van der Waals surface area contributed by atoms with E-state index in [0.717, 1.165) is 15.8 Å². The zero-order valence-electron chi connectivity index (χ0n) is 18.0. The van der Waals surface area contributed by atoms with Crippen LogP contribution in [0.5, 0.6) is 17.2 Å². The van der Waals surface area contributed by atoms with Gasteiger partial charge in [-0.3, -0.25) is 9.59 Å². The third-order valence-electron chi connectivity index (χ3n) is 4.73. The number of aryl methyl sites for hydroxylation is 1. The third kappa shape index (κ3) is 5.22. The molecule has 0 fully saturated rings. The van der Waals surface area contributed by atoms with Crippen molar-refractivity contribution in [2.45, 2.75) is 20.0 Å². The Morgan fingerprint density at radius 3 is 2.19 bits per heavy atom. The monoisotopic (exact) mass is 423 g/mol. The van der Waals surface area contributed by atoms with Gasteiger partial charge in [0, 0.05) is 18.2 Å². The highest BCUT2D eigenvalue weighted by atomic mass is 16.5. The second-order valence-electron chi connectivity index (χ2n) is 6.89. The zero-order valence-corrected chi connectivity index (χ0v) is 18.0. The highest BCUT2D eigenvalue weighted by Crippen LogP contribution is 2.40. The minimum atomic E-state index is -0.373. The molecule has 0 saturated carbocycles. The summed E-state index contributed by atoms with van der Waals surface area (Å²) in [6.45, 7) is 2.19. The molecule has 0 spiro atoms. The highest BCUT2D eigenvalue weighted by molar-refractivity contribution is 5.75. The van der Waals surface area contributed by atoms with Crippen LogP contribution in [0.2, 0.25) is 0 Å². The summed E-state index contributed by atoms with van der Waals surface area (Å²) in [6, 6.07) is 14.3. The Labute approximate surface area is 180 Å². The summed E-state index contributed by atoms with van der Waals surface area (Å²) in [6.07, 6.45) is 0. The first-order chi connectivity index (χ1) is 14.9. The van der Waals surface area contributed by atoms with E-state index in [-0.39, 0.29) is 18.0 Å². The van der Waals surface area contributed by atoms with Crippen LogP contribution in [0.1, 0.15) is 11.1 Å². The van der Waals surface area contributed by atoms with Crippen molar-refractivity contribution in [3.63, 3.8) is 0 Å². The number of methoxy groups -OCH3 is 3. The standard InChI is InChI=1S/C23H25N3O5/c1-15-5-7-16(8-6-15)13-24-21(27)14-26-22(28)10-9-18(25-26)17-11-19(29-2)23(31-4)20(12-17)30-3/h5-12H,13-14H2,1-4H3,(H,24,27). The van der Waals surface area contributed by atoms with Crippen molar-refractivity contribution < 1.29 is 19.0 Å². The molecule has 0 unspecified atom stereocenters. The van der Waals surface area contributed by atoms with E-state index in [4.69, 9.17) is 14.2 Å². The van der Waals surface area contributed by atoms with Crippen LogP contribution in [0.3, 0.4) is 0 Å². The number of hydrogen-bond acceptors (Lipinski definition) is 6. The van der Waals surface area contributed by atoms with Gasteiger partial charge in [0.05, 0.1) is 27.0 Å². The summed E-state index contributed by atoms with van der Waals surface area (Å²) in [5, 5.41) is 7.16. The molecule has 8 nitrogen and oxygen atoms in total. The lowest BCUT2D eigenvalue weighted by Gasteiger charge is -2.14. The summed E-state index contributed by atoms with van der Waals surface area (Å²) in [5.74, 6) is 1.08. The molecule has 8 heteroatoms. The Hall–Kier alpha value is -3.81. The average Bonchev–Trinajstić information content (AvgIpc) is 2.79. The summed E-state index contributed by atoms with van der Waals surface area (Å²) < 4.78 is 17.2. The number of nitrogens with zero attached hydrogens (tertiary/aromatic N) is 2. The highest BCUT2D eigenvalue weighted by Gasteiger charge is 2.16. The lowest BCUT2D eigenvalue weighted by molar-refractivity contribution is -0.122. The number of carbonyl (C=O) groups excluding carboxylic acids is 1. The molecule has 2 aromatic carbocycles. The van der Waals surface area contributed by atoms with Crippen molar-refractivity contribution in [3.8, 4) is 28.5 Å². The van der Waals surface area contributed by atoms with E-state index in [1.165, 1.54) is 27.4 Å². The van der Waals surface area contributed by atoms with Gasteiger partial charge in [0.2, 0.25) is 11.7 Å². The van der Waals surface area contributed by atoms with Crippen LogP contribution >= 0.6 is 0 Å². The molecule has 0 aliphatic rings. The van der Waals surface area contributed by atoms with Crippen molar-refractivity contribution in [2.75, 3.05) is 21.3 Å². The van der Waals surface area contributed by atoms with Crippen LogP contribution in [0.25, 0.3) is 11.3 Å². The first-order valence-electron chi connectivity index (χ1n) is 9.66. The number of carbonyl (C=O) groups is 1. The molecule has 162 valence electrons. The van der Waals surface area contributed by atoms with Gasteiger partial charge < -0.3 is 19.5 Å². The van der Waals surface area contributed by atoms with Crippen molar-refractivity contribution in [1.82, 2.24) is 15.1 Å². The summed E-state index contributed by atoms with van der Waals surface area (Å²) in [5.41, 5.74) is 2.90. The average molecular weight is 423 g/mol. The Bertz CT molecular complexity index is 1100. The molecule has 0 aliphatic carbocycles. The minimum absolute atomic E-state index is 0.192. The minimum Gasteiger partial charge on any atom is -0.493 e. The normalized spacial score (nSPS) is 10.5. The fourth-order valence-electron chi connectivity index (χ4n) is 3.04. The number of nitrogens with one attached hydrogen (secondary N) is 1. The van der Waals surface area contributed by atoms with Crippen LogP contribution < -0.4 is 25.1 Å². The fraction of sp³-hybridized carbons (Fsp3) is 0.261. The largest absolute Gasteiger partial charge is 0.493 e. The van der Waals surface area contributed by atoms with E-state index in [0.29, 0.717) is 35.1 Å². The van der Waals surface area contributed by atoms with Gasteiger partial charge in [-0.25, -0.2) is 4.68 Å². The molecule has 0 saturated heterocycles. The molecule has 0 aliphatic heterocycles. The quantitative estimate of drug-likeness (QED) is 0.599. The number of amides is 1. The van der Waals surface area contributed by atoms with Gasteiger partial charge in [0.1, 0.15) is 6.54 Å². The molecule has 31 heavy (non-hydrogen) atoms.